The Bertz CT molecular complexity index is 444. The second-order valence-corrected chi connectivity index (χ2v) is 5.10. The van der Waals surface area contributed by atoms with Gasteiger partial charge in [0.25, 0.3) is 0 Å². The molecule has 1 saturated carbocycles. The number of nitrogens with zero attached hydrogens (tertiary/aromatic N) is 2. The standard InChI is InChI=1S/C12H14N2O2S/c1-16-12(15)10-7-17-11(14-10)9(6-13)8-4-2-3-5-8/h7-9H,2-5H2,1H3/t9-/m1/s1. The third-order valence-electron chi connectivity index (χ3n) is 3.19. The average molecular weight is 250 g/mol. The second kappa shape index (κ2) is 5.28. The molecule has 1 aromatic heterocycles. The average Bonchev–Trinajstić information content (AvgIpc) is 3.00. The predicted octanol–water partition coefficient (Wildman–Crippen LogP) is 2.73. The number of nitriles is 1. The van der Waals surface area contributed by atoms with Gasteiger partial charge in [-0.1, -0.05) is 12.8 Å². The Kier molecular flexibility index (Phi) is 3.75. The van der Waals surface area contributed by atoms with E-state index in [4.69, 9.17) is 0 Å². The minimum absolute atomic E-state index is 0.166. The molecule has 0 amide bonds. The number of carbonyl (C=O) groups excluding carboxylic acids is 1. The highest BCUT2D eigenvalue weighted by Crippen LogP contribution is 2.37. The highest BCUT2D eigenvalue weighted by atomic mass is 32.1. The smallest absolute Gasteiger partial charge is 0.357 e. The van der Waals surface area contributed by atoms with E-state index in [9.17, 15) is 10.1 Å². The summed E-state index contributed by atoms with van der Waals surface area (Å²) in [4.78, 5) is 15.5. The van der Waals surface area contributed by atoms with E-state index in [1.54, 1.807) is 5.38 Å². The van der Waals surface area contributed by atoms with Crippen molar-refractivity contribution in [1.82, 2.24) is 4.98 Å². The molecule has 0 aliphatic heterocycles. The van der Waals surface area contributed by atoms with E-state index >= 15 is 0 Å². The summed E-state index contributed by atoms with van der Waals surface area (Å²) in [5, 5.41) is 11.7. The Morgan fingerprint density at radius 1 is 1.65 bits per heavy atom. The number of rotatable bonds is 3. The molecular weight excluding hydrogens is 236 g/mol. The summed E-state index contributed by atoms with van der Waals surface area (Å²) in [6.45, 7) is 0. The van der Waals surface area contributed by atoms with Crippen molar-refractivity contribution < 1.29 is 9.53 Å². The Morgan fingerprint density at radius 2 is 2.35 bits per heavy atom. The lowest BCUT2D eigenvalue weighted by atomic mass is 9.93. The number of thiazole rings is 1. The first-order chi connectivity index (χ1) is 8.26. The SMILES string of the molecule is COC(=O)c1csc([C@H](C#N)C2CCCC2)n1. The largest absolute Gasteiger partial charge is 0.464 e. The number of aromatic nitrogens is 1. The molecule has 90 valence electrons. The molecule has 1 heterocycles. The maximum Gasteiger partial charge on any atom is 0.357 e. The van der Waals surface area contributed by atoms with Crippen LogP contribution in [0, 0.1) is 17.2 Å². The van der Waals surface area contributed by atoms with E-state index in [1.807, 2.05) is 0 Å². The van der Waals surface area contributed by atoms with Gasteiger partial charge in [0.15, 0.2) is 5.69 Å². The van der Waals surface area contributed by atoms with E-state index in [0.29, 0.717) is 11.6 Å². The highest BCUT2D eigenvalue weighted by Gasteiger charge is 2.29. The maximum atomic E-state index is 11.3. The molecule has 17 heavy (non-hydrogen) atoms. The van der Waals surface area contributed by atoms with Crippen molar-refractivity contribution in [2.45, 2.75) is 31.6 Å². The van der Waals surface area contributed by atoms with E-state index < -0.39 is 5.97 Å². The second-order valence-electron chi connectivity index (χ2n) is 4.21. The first kappa shape index (κ1) is 12.1. The summed E-state index contributed by atoms with van der Waals surface area (Å²) < 4.78 is 4.61. The zero-order valence-corrected chi connectivity index (χ0v) is 10.5. The fraction of sp³-hybridized carbons (Fsp3) is 0.583. The molecule has 1 fully saturated rings. The lowest BCUT2D eigenvalue weighted by Gasteiger charge is -2.12. The summed E-state index contributed by atoms with van der Waals surface area (Å²) in [6, 6.07) is 2.33. The Labute approximate surface area is 104 Å². The van der Waals surface area contributed by atoms with Crippen LogP contribution in [-0.4, -0.2) is 18.1 Å². The number of esters is 1. The number of carbonyl (C=O) groups is 1. The molecule has 0 aromatic carbocycles. The van der Waals surface area contributed by atoms with E-state index in [2.05, 4.69) is 15.8 Å². The van der Waals surface area contributed by atoms with Crippen molar-refractivity contribution >= 4 is 17.3 Å². The first-order valence-corrected chi connectivity index (χ1v) is 6.57. The fourth-order valence-electron chi connectivity index (χ4n) is 2.28. The van der Waals surface area contributed by atoms with Gasteiger partial charge in [0.1, 0.15) is 10.9 Å². The van der Waals surface area contributed by atoms with Crippen molar-refractivity contribution in [2.24, 2.45) is 5.92 Å². The molecule has 1 aromatic rings. The Morgan fingerprint density at radius 3 is 2.94 bits per heavy atom. The molecule has 0 bridgehead atoms. The quantitative estimate of drug-likeness (QED) is 0.774. The summed E-state index contributed by atoms with van der Waals surface area (Å²) in [6.07, 6.45) is 4.56. The molecule has 0 radical (unpaired) electrons. The molecule has 2 rings (SSSR count). The van der Waals surface area contributed by atoms with Gasteiger partial charge >= 0.3 is 5.97 Å². The van der Waals surface area contributed by atoms with Gasteiger partial charge < -0.3 is 4.74 Å². The molecule has 4 nitrogen and oxygen atoms in total. The van der Waals surface area contributed by atoms with Gasteiger partial charge in [0, 0.05) is 5.38 Å². The zero-order chi connectivity index (χ0) is 12.3. The third kappa shape index (κ3) is 2.47. The minimum atomic E-state index is -0.435. The highest BCUT2D eigenvalue weighted by molar-refractivity contribution is 7.10. The molecule has 1 aliphatic carbocycles. The van der Waals surface area contributed by atoms with Crippen molar-refractivity contribution in [3.63, 3.8) is 0 Å². The van der Waals surface area contributed by atoms with Crippen LogP contribution in [0.2, 0.25) is 0 Å². The topological polar surface area (TPSA) is 63.0 Å². The van der Waals surface area contributed by atoms with Crippen LogP contribution in [0.25, 0.3) is 0 Å². The van der Waals surface area contributed by atoms with Crippen LogP contribution in [0.1, 0.15) is 47.1 Å². The normalized spacial score (nSPS) is 17.6. The van der Waals surface area contributed by atoms with E-state index in [0.717, 1.165) is 17.8 Å². The molecule has 0 unspecified atom stereocenters. The van der Waals surface area contributed by atoms with Crippen LogP contribution in [-0.2, 0) is 4.74 Å². The van der Waals surface area contributed by atoms with E-state index in [1.165, 1.54) is 31.3 Å². The van der Waals surface area contributed by atoms with Gasteiger partial charge in [-0.25, -0.2) is 9.78 Å². The molecule has 0 spiro atoms. The van der Waals surface area contributed by atoms with Crippen LogP contribution >= 0.6 is 11.3 Å². The van der Waals surface area contributed by atoms with Gasteiger partial charge in [-0.3, -0.25) is 0 Å². The van der Waals surface area contributed by atoms with E-state index in [-0.39, 0.29) is 5.92 Å². The van der Waals surface area contributed by atoms with Crippen molar-refractivity contribution in [3.8, 4) is 6.07 Å². The molecule has 0 saturated heterocycles. The van der Waals surface area contributed by atoms with Gasteiger partial charge in [-0.05, 0) is 18.8 Å². The predicted molar refractivity (Wildman–Crippen MR) is 63.8 cm³/mol. The van der Waals surface area contributed by atoms with Crippen LogP contribution in [0.15, 0.2) is 5.38 Å². The van der Waals surface area contributed by atoms with Crippen molar-refractivity contribution in [2.75, 3.05) is 7.11 Å². The molecule has 5 heteroatoms. The zero-order valence-electron chi connectivity index (χ0n) is 9.68. The molecule has 1 aliphatic rings. The molecule has 0 N–H and O–H groups in total. The Balaban J connectivity index is 2.17. The molecule has 1 atom stereocenters. The van der Waals surface area contributed by atoms with Gasteiger partial charge in [-0.2, -0.15) is 5.26 Å². The third-order valence-corrected chi connectivity index (χ3v) is 4.12. The van der Waals surface area contributed by atoms with Crippen LogP contribution in [0.5, 0.6) is 0 Å². The summed E-state index contributed by atoms with van der Waals surface area (Å²) in [5.74, 6) is -0.201. The van der Waals surface area contributed by atoms with Gasteiger partial charge in [0.05, 0.1) is 13.2 Å². The van der Waals surface area contributed by atoms with Gasteiger partial charge in [0.2, 0.25) is 0 Å². The summed E-state index contributed by atoms with van der Waals surface area (Å²) in [5.41, 5.74) is 0.311. The maximum absolute atomic E-state index is 11.3. The lowest BCUT2D eigenvalue weighted by Crippen LogP contribution is -2.08. The monoisotopic (exact) mass is 250 g/mol. The summed E-state index contributed by atoms with van der Waals surface area (Å²) in [7, 11) is 1.33. The van der Waals surface area contributed by atoms with Crippen LogP contribution in [0.3, 0.4) is 0 Å². The Hall–Kier alpha value is -1.41. The van der Waals surface area contributed by atoms with Crippen LogP contribution < -0.4 is 0 Å². The lowest BCUT2D eigenvalue weighted by molar-refractivity contribution is 0.0594. The number of methoxy groups -OCH3 is 1. The van der Waals surface area contributed by atoms with Crippen LogP contribution in [0.4, 0.5) is 0 Å². The van der Waals surface area contributed by atoms with Crippen molar-refractivity contribution in [3.05, 3.63) is 16.1 Å². The number of ether oxygens (including phenoxy) is 1. The minimum Gasteiger partial charge on any atom is -0.464 e. The number of hydrogen-bond acceptors (Lipinski definition) is 5. The summed E-state index contributed by atoms with van der Waals surface area (Å²) >= 11 is 1.38. The molecular formula is C12H14N2O2S. The van der Waals surface area contributed by atoms with Crippen molar-refractivity contribution in [1.29, 1.82) is 5.26 Å². The fourth-order valence-corrected chi connectivity index (χ4v) is 3.21. The van der Waals surface area contributed by atoms with Gasteiger partial charge in [-0.15, -0.1) is 11.3 Å². The number of hydrogen-bond donors (Lipinski definition) is 0. The first-order valence-electron chi connectivity index (χ1n) is 5.69.